The molecule has 0 saturated heterocycles. The fraction of sp³-hybridized carbons (Fsp3) is 1.00. The number of nitrogens with one attached hydrogen (secondary N) is 1. The SMILES string of the molecule is CCCCOCCOCCOCCNC1CC1. The standard InChI is InChI=1S/C13H27NO3/c1-2-3-7-15-9-11-17-12-10-16-8-6-14-13-4-5-13/h13-14H,2-12H2,1H3. The first-order valence-corrected chi connectivity index (χ1v) is 6.90. The topological polar surface area (TPSA) is 39.7 Å². The fourth-order valence-corrected chi connectivity index (χ4v) is 1.41. The summed E-state index contributed by atoms with van der Waals surface area (Å²) >= 11 is 0. The predicted molar refractivity (Wildman–Crippen MR) is 68.4 cm³/mol. The summed E-state index contributed by atoms with van der Waals surface area (Å²) in [5.74, 6) is 0. The monoisotopic (exact) mass is 245 g/mol. The van der Waals surface area contributed by atoms with Crippen LogP contribution in [-0.2, 0) is 14.2 Å². The Morgan fingerprint density at radius 3 is 2.06 bits per heavy atom. The van der Waals surface area contributed by atoms with Crippen LogP contribution >= 0.6 is 0 Å². The van der Waals surface area contributed by atoms with E-state index in [1.165, 1.54) is 19.3 Å². The molecular formula is C13H27NO3. The van der Waals surface area contributed by atoms with Crippen LogP contribution in [0.5, 0.6) is 0 Å². The van der Waals surface area contributed by atoms with Gasteiger partial charge in [0.1, 0.15) is 0 Å². The Kier molecular flexibility index (Phi) is 9.61. The number of ether oxygens (including phenoxy) is 3. The van der Waals surface area contributed by atoms with Gasteiger partial charge in [0.25, 0.3) is 0 Å². The van der Waals surface area contributed by atoms with Crippen molar-refractivity contribution < 1.29 is 14.2 Å². The van der Waals surface area contributed by atoms with Crippen molar-refractivity contribution in [2.75, 3.05) is 46.2 Å². The van der Waals surface area contributed by atoms with Crippen LogP contribution < -0.4 is 5.32 Å². The van der Waals surface area contributed by atoms with E-state index in [9.17, 15) is 0 Å². The van der Waals surface area contributed by atoms with Crippen molar-refractivity contribution in [2.45, 2.75) is 38.6 Å². The molecule has 0 atom stereocenters. The molecule has 0 aromatic carbocycles. The molecule has 0 radical (unpaired) electrons. The largest absolute Gasteiger partial charge is 0.379 e. The van der Waals surface area contributed by atoms with E-state index < -0.39 is 0 Å². The van der Waals surface area contributed by atoms with Crippen LogP contribution in [-0.4, -0.2) is 52.2 Å². The summed E-state index contributed by atoms with van der Waals surface area (Å²) < 4.78 is 16.2. The van der Waals surface area contributed by atoms with Crippen molar-refractivity contribution >= 4 is 0 Å². The summed E-state index contributed by atoms with van der Waals surface area (Å²) in [6, 6.07) is 0.773. The van der Waals surface area contributed by atoms with E-state index in [-0.39, 0.29) is 0 Å². The average Bonchev–Trinajstić information content (AvgIpc) is 3.15. The molecule has 17 heavy (non-hydrogen) atoms. The van der Waals surface area contributed by atoms with Crippen molar-refractivity contribution in [3.63, 3.8) is 0 Å². The minimum atomic E-state index is 0.667. The smallest absolute Gasteiger partial charge is 0.0701 e. The summed E-state index contributed by atoms with van der Waals surface area (Å²) in [6.45, 7) is 7.48. The Balaban J connectivity index is 1.61. The molecule has 1 fully saturated rings. The minimum Gasteiger partial charge on any atom is -0.379 e. The van der Waals surface area contributed by atoms with Crippen LogP contribution in [0.25, 0.3) is 0 Å². The Labute approximate surface area is 105 Å². The maximum absolute atomic E-state index is 5.43. The second-order valence-electron chi connectivity index (χ2n) is 4.42. The van der Waals surface area contributed by atoms with Crippen molar-refractivity contribution in [3.05, 3.63) is 0 Å². The molecule has 0 aromatic rings. The van der Waals surface area contributed by atoms with E-state index in [0.29, 0.717) is 26.4 Å². The van der Waals surface area contributed by atoms with Crippen LogP contribution in [0.3, 0.4) is 0 Å². The lowest BCUT2D eigenvalue weighted by Crippen LogP contribution is -2.22. The molecule has 1 aliphatic carbocycles. The molecule has 0 aromatic heterocycles. The van der Waals surface area contributed by atoms with Gasteiger partial charge < -0.3 is 19.5 Å². The second-order valence-corrected chi connectivity index (χ2v) is 4.42. The van der Waals surface area contributed by atoms with Gasteiger partial charge in [-0.25, -0.2) is 0 Å². The second kappa shape index (κ2) is 11.0. The van der Waals surface area contributed by atoms with Crippen LogP contribution in [0, 0.1) is 0 Å². The first kappa shape index (κ1) is 14.9. The Hall–Kier alpha value is -0.160. The van der Waals surface area contributed by atoms with Gasteiger partial charge >= 0.3 is 0 Å². The van der Waals surface area contributed by atoms with Crippen molar-refractivity contribution in [1.82, 2.24) is 5.32 Å². The van der Waals surface area contributed by atoms with Crippen LogP contribution in [0.15, 0.2) is 0 Å². The molecule has 0 spiro atoms. The van der Waals surface area contributed by atoms with Gasteiger partial charge in [-0.3, -0.25) is 0 Å². The van der Waals surface area contributed by atoms with Crippen molar-refractivity contribution in [1.29, 1.82) is 0 Å². The van der Waals surface area contributed by atoms with E-state index in [0.717, 1.165) is 32.2 Å². The number of hydrogen-bond donors (Lipinski definition) is 1. The van der Waals surface area contributed by atoms with E-state index in [4.69, 9.17) is 14.2 Å². The average molecular weight is 245 g/mol. The zero-order chi connectivity index (χ0) is 12.2. The molecule has 4 nitrogen and oxygen atoms in total. The number of unbranched alkanes of at least 4 members (excludes halogenated alkanes) is 1. The summed E-state index contributed by atoms with van der Waals surface area (Å²) in [5, 5.41) is 3.40. The zero-order valence-electron chi connectivity index (χ0n) is 11.1. The van der Waals surface area contributed by atoms with Crippen molar-refractivity contribution in [3.8, 4) is 0 Å². The summed E-state index contributed by atoms with van der Waals surface area (Å²) in [6.07, 6.45) is 4.99. The molecule has 102 valence electrons. The van der Waals surface area contributed by atoms with Gasteiger partial charge in [-0.05, 0) is 19.3 Å². The molecule has 4 heteroatoms. The molecule has 1 rings (SSSR count). The lowest BCUT2D eigenvalue weighted by atomic mass is 10.4. The molecule has 1 saturated carbocycles. The molecule has 0 bridgehead atoms. The number of rotatable bonds is 13. The highest BCUT2D eigenvalue weighted by atomic mass is 16.5. The molecule has 0 unspecified atom stereocenters. The van der Waals surface area contributed by atoms with Gasteiger partial charge in [-0.2, -0.15) is 0 Å². The third kappa shape index (κ3) is 10.7. The molecule has 1 aliphatic rings. The molecule has 1 N–H and O–H groups in total. The molecular weight excluding hydrogens is 218 g/mol. The minimum absolute atomic E-state index is 0.667. The first-order chi connectivity index (χ1) is 8.43. The summed E-state index contributed by atoms with van der Waals surface area (Å²) in [5.41, 5.74) is 0. The highest BCUT2D eigenvalue weighted by Crippen LogP contribution is 2.17. The van der Waals surface area contributed by atoms with Gasteiger partial charge in [-0.15, -0.1) is 0 Å². The Bertz CT molecular complexity index is 163. The van der Waals surface area contributed by atoms with Crippen LogP contribution in [0.4, 0.5) is 0 Å². The van der Waals surface area contributed by atoms with Crippen LogP contribution in [0.2, 0.25) is 0 Å². The maximum Gasteiger partial charge on any atom is 0.0701 e. The Morgan fingerprint density at radius 1 is 0.882 bits per heavy atom. The third-order valence-corrected chi connectivity index (χ3v) is 2.64. The van der Waals surface area contributed by atoms with Gasteiger partial charge in [0.15, 0.2) is 0 Å². The number of hydrogen-bond acceptors (Lipinski definition) is 4. The first-order valence-electron chi connectivity index (χ1n) is 6.90. The Morgan fingerprint density at radius 2 is 1.47 bits per heavy atom. The summed E-state index contributed by atoms with van der Waals surface area (Å²) in [7, 11) is 0. The predicted octanol–water partition coefficient (Wildman–Crippen LogP) is 1.59. The summed E-state index contributed by atoms with van der Waals surface area (Å²) in [4.78, 5) is 0. The quantitative estimate of drug-likeness (QED) is 0.500. The third-order valence-electron chi connectivity index (χ3n) is 2.64. The zero-order valence-corrected chi connectivity index (χ0v) is 11.1. The maximum atomic E-state index is 5.43. The van der Waals surface area contributed by atoms with Crippen molar-refractivity contribution in [2.24, 2.45) is 0 Å². The van der Waals surface area contributed by atoms with E-state index in [2.05, 4.69) is 12.2 Å². The molecule has 0 aliphatic heterocycles. The normalized spacial score (nSPS) is 15.4. The lowest BCUT2D eigenvalue weighted by molar-refractivity contribution is 0.0146. The van der Waals surface area contributed by atoms with E-state index in [1.807, 2.05) is 0 Å². The van der Waals surface area contributed by atoms with Crippen LogP contribution in [0.1, 0.15) is 32.6 Å². The van der Waals surface area contributed by atoms with Gasteiger partial charge in [0.05, 0.1) is 33.0 Å². The fourth-order valence-electron chi connectivity index (χ4n) is 1.41. The highest BCUT2D eigenvalue weighted by molar-refractivity contribution is 4.80. The van der Waals surface area contributed by atoms with Gasteiger partial charge in [-0.1, -0.05) is 13.3 Å². The lowest BCUT2D eigenvalue weighted by Gasteiger charge is -2.07. The highest BCUT2D eigenvalue weighted by Gasteiger charge is 2.19. The molecule has 0 amide bonds. The van der Waals surface area contributed by atoms with Gasteiger partial charge in [0.2, 0.25) is 0 Å². The van der Waals surface area contributed by atoms with Gasteiger partial charge in [0, 0.05) is 19.2 Å². The van der Waals surface area contributed by atoms with E-state index in [1.54, 1.807) is 0 Å². The van der Waals surface area contributed by atoms with E-state index >= 15 is 0 Å². The molecule has 0 heterocycles.